The summed E-state index contributed by atoms with van der Waals surface area (Å²) in [5.41, 5.74) is 3.98. The quantitative estimate of drug-likeness (QED) is 0.851. The van der Waals surface area contributed by atoms with Crippen molar-refractivity contribution in [1.82, 2.24) is 5.32 Å². The lowest BCUT2D eigenvalue weighted by Crippen LogP contribution is -2.27. The standard InChI is InChI=1S/C14H20N2O2/c1-17-12-6-10-2-4-15-8-13(10)14(7-12)16-11-3-5-18-9-11/h6-7,11,15-16H,2-5,8-9H2,1H3/t11-/m0/s1. The predicted molar refractivity (Wildman–Crippen MR) is 71.3 cm³/mol. The highest BCUT2D eigenvalue weighted by molar-refractivity contribution is 5.60. The van der Waals surface area contributed by atoms with Crippen molar-refractivity contribution in [2.45, 2.75) is 25.4 Å². The van der Waals surface area contributed by atoms with Crippen LogP contribution in [0.4, 0.5) is 5.69 Å². The molecule has 18 heavy (non-hydrogen) atoms. The van der Waals surface area contributed by atoms with Crippen LogP contribution in [0, 0.1) is 0 Å². The van der Waals surface area contributed by atoms with Crippen molar-refractivity contribution in [2.24, 2.45) is 0 Å². The van der Waals surface area contributed by atoms with Gasteiger partial charge in [0.25, 0.3) is 0 Å². The van der Waals surface area contributed by atoms with Gasteiger partial charge in [-0.05, 0) is 36.6 Å². The molecule has 0 spiro atoms. The van der Waals surface area contributed by atoms with Gasteiger partial charge in [0.1, 0.15) is 5.75 Å². The first-order valence-corrected chi connectivity index (χ1v) is 6.61. The summed E-state index contributed by atoms with van der Waals surface area (Å²) in [7, 11) is 1.73. The van der Waals surface area contributed by atoms with Gasteiger partial charge >= 0.3 is 0 Å². The van der Waals surface area contributed by atoms with Crippen molar-refractivity contribution in [3.8, 4) is 5.75 Å². The predicted octanol–water partition coefficient (Wildman–Crippen LogP) is 1.54. The monoisotopic (exact) mass is 248 g/mol. The van der Waals surface area contributed by atoms with Crippen molar-refractivity contribution >= 4 is 5.69 Å². The molecule has 2 aliphatic heterocycles. The van der Waals surface area contributed by atoms with Crippen LogP contribution in [0.15, 0.2) is 12.1 Å². The summed E-state index contributed by atoms with van der Waals surface area (Å²) in [5, 5.41) is 7.03. The van der Waals surface area contributed by atoms with Gasteiger partial charge in [-0.1, -0.05) is 0 Å². The molecule has 1 aromatic carbocycles. The molecule has 0 saturated carbocycles. The molecule has 2 N–H and O–H groups in total. The van der Waals surface area contributed by atoms with E-state index < -0.39 is 0 Å². The number of rotatable bonds is 3. The molecule has 4 heteroatoms. The summed E-state index contributed by atoms with van der Waals surface area (Å²) in [6.45, 7) is 3.66. The van der Waals surface area contributed by atoms with Gasteiger partial charge in [-0.3, -0.25) is 0 Å². The number of anilines is 1. The van der Waals surface area contributed by atoms with E-state index in [0.29, 0.717) is 6.04 Å². The Labute approximate surface area is 108 Å². The molecule has 0 unspecified atom stereocenters. The smallest absolute Gasteiger partial charge is 0.121 e. The molecular formula is C14H20N2O2. The third kappa shape index (κ3) is 2.31. The zero-order chi connectivity index (χ0) is 12.4. The average Bonchev–Trinajstić information content (AvgIpc) is 2.91. The molecule has 2 heterocycles. The molecule has 0 aromatic heterocycles. The maximum absolute atomic E-state index is 5.42. The fourth-order valence-corrected chi connectivity index (χ4v) is 2.69. The minimum absolute atomic E-state index is 0.433. The van der Waals surface area contributed by atoms with Gasteiger partial charge in [0, 0.05) is 24.9 Å². The molecule has 98 valence electrons. The summed E-state index contributed by atoms with van der Waals surface area (Å²) in [5.74, 6) is 0.942. The Balaban J connectivity index is 1.89. The number of methoxy groups -OCH3 is 1. The highest BCUT2D eigenvalue weighted by Gasteiger charge is 2.20. The highest BCUT2D eigenvalue weighted by Crippen LogP contribution is 2.30. The minimum atomic E-state index is 0.433. The fraction of sp³-hybridized carbons (Fsp3) is 0.571. The Hall–Kier alpha value is -1.26. The number of hydrogen-bond acceptors (Lipinski definition) is 4. The van der Waals surface area contributed by atoms with Gasteiger partial charge in [0.2, 0.25) is 0 Å². The summed E-state index contributed by atoms with van der Waals surface area (Å²) < 4.78 is 10.8. The van der Waals surface area contributed by atoms with Gasteiger partial charge in [-0.15, -0.1) is 0 Å². The number of ether oxygens (including phenoxy) is 2. The molecule has 1 aromatic rings. The first-order valence-electron chi connectivity index (χ1n) is 6.61. The molecule has 0 amide bonds. The lowest BCUT2D eigenvalue weighted by molar-refractivity contribution is 0.195. The zero-order valence-electron chi connectivity index (χ0n) is 10.8. The lowest BCUT2D eigenvalue weighted by Gasteiger charge is -2.24. The first kappa shape index (κ1) is 11.8. The molecule has 1 fully saturated rings. The molecule has 1 saturated heterocycles. The second-order valence-electron chi connectivity index (χ2n) is 4.94. The molecule has 3 rings (SSSR count). The van der Waals surface area contributed by atoms with E-state index in [0.717, 1.165) is 44.9 Å². The first-order chi connectivity index (χ1) is 8.86. The molecule has 0 bridgehead atoms. The van der Waals surface area contributed by atoms with Crippen LogP contribution < -0.4 is 15.4 Å². The van der Waals surface area contributed by atoms with Crippen molar-refractivity contribution in [2.75, 3.05) is 32.2 Å². The SMILES string of the molecule is COc1cc2c(c(N[C@H]3CCOC3)c1)CNCC2. The molecule has 2 aliphatic rings. The van der Waals surface area contributed by atoms with Crippen LogP contribution in [0.25, 0.3) is 0 Å². The second kappa shape index (κ2) is 5.16. The lowest BCUT2D eigenvalue weighted by atomic mass is 9.98. The summed E-state index contributed by atoms with van der Waals surface area (Å²) in [4.78, 5) is 0. The van der Waals surface area contributed by atoms with Crippen molar-refractivity contribution in [3.63, 3.8) is 0 Å². The van der Waals surface area contributed by atoms with Gasteiger partial charge in [0.05, 0.1) is 19.8 Å². The van der Waals surface area contributed by atoms with E-state index in [4.69, 9.17) is 9.47 Å². The van der Waals surface area contributed by atoms with Gasteiger partial charge in [0.15, 0.2) is 0 Å². The molecule has 1 atom stereocenters. The van der Waals surface area contributed by atoms with E-state index in [-0.39, 0.29) is 0 Å². The topological polar surface area (TPSA) is 42.5 Å². The summed E-state index contributed by atoms with van der Waals surface area (Å²) in [6, 6.07) is 4.69. The van der Waals surface area contributed by atoms with Crippen LogP contribution in [0.2, 0.25) is 0 Å². The normalized spacial score (nSPS) is 22.6. The number of benzene rings is 1. The Morgan fingerprint density at radius 3 is 3.17 bits per heavy atom. The third-order valence-electron chi connectivity index (χ3n) is 3.71. The van der Waals surface area contributed by atoms with Gasteiger partial charge in [-0.25, -0.2) is 0 Å². The van der Waals surface area contributed by atoms with E-state index in [1.54, 1.807) is 7.11 Å². The van der Waals surface area contributed by atoms with E-state index in [9.17, 15) is 0 Å². The Bertz CT molecular complexity index is 428. The number of hydrogen-bond donors (Lipinski definition) is 2. The van der Waals surface area contributed by atoms with Crippen LogP contribution in [0.3, 0.4) is 0 Å². The molecule has 0 aliphatic carbocycles. The van der Waals surface area contributed by atoms with E-state index >= 15 is 0 Å². The Kier molecular flexibility index (Phi) is 3.39. The zero-order valence-corrected chi connectivity index (χ0v) is 10.8. The third-order valence-corrected chi connectivity index (χ3v) is 3.71. The maximum Gasteiger partial charge on any atom is 0.121 e. The molecule has 0 radical (unpaired) electrons. The highest BCUT2D eigenvalue weighted by atomic mass is 16.5. The van der Waals surface area contributed by atoms with Crippen LogP contribution in [0.5, 0.6) is 5.75 Å². The van der Waals surface area contributed by atoms with E-state index in [1.165, 1.54) is 16.8 Å². The average molecular weight is 248 g/mol. The number of fused-ring (bicyclic) bond motifs is 1. The molecular weight excluding hydrogens is 228 g/mol. The summed E-state index contributed by atoms with van der Waals surface area (Å²) >= 11 is 0. The summed E-state index contributed by atoms with van der Waals surface area (Å²) in [6.07, 6.45) is 2.15. The Morgan fingerprint density at radius 1 is 1.44 bits per heavy atom. The molecule has 4 nitrogen and oxygen atoms in total. The van der Waals surface area contributed by atoms with Crippen molar-refractivity contribution in [3.05, 3.63) is 23.3 Å². The van der Waals surface area contributed by atoms with Crippen molar-refractivity contribution < 1.29 is 9.47 Å². The second-order valence-corrected chi connectivity index (χ2v) is 4.94. The largest absolute Gasteiger partial charge is 0.497 e. The van der Waals surface area contributed by atoms with Crippen LogP contribution in [0.1, 0.15) is 17.5 Å². The van der Waals surface area contributed by atoms with Crippen LogP contribution in [-0.2, 0) is 17.7 Å². The van der Waals surface area contributed by atoms with Gasteiger partial charge in [-0.2, -0.15) is 0 Å². The Morgan fingerprint density at radius 2 is 2.39 bits per heavy atom. The number of nitrogens with one attached hydrogen (secondary N) is 2. The van der Waals surface area contributed by atoms with Crippen LogP contribution in [-0.4, -0.2) is 32.9 Å². The van der Waals surface area contributed by atoms with Crippen LogP contribution >= 0.6 is 0 Å². The van der Waals surface area contributed by atoms with E-state index in [2.05, 4.69) is 22.8 Å². The van der Waals surface area contributed by atoms with Crippen molar-refractivity contribution in [1.29, 1.82) is 0 Å². The fourth-order valence-electron chi connectivity index (χ4n) is 2.69. The maximum atomic E-state index is 5.42. The van der Waals surface area contributed by atoms with E-state index in [1.807, 2.05) is 0 Å². The minimum Gasteiger partial charge on any atom is -0.497 e. The van der Waals surface area contributed by atoms with Gasteiger partial charge < -0.3 is 20.1 Å².